The van der Waals surface area contributed by atoms with Crippen LogP contribution in [0.1, 0.15) is 29.1 Å². The summed E-state index contributed by atoms with van der Waals surface area (Å²) >= 11 is 1.46. The van der Waals surface area contributed by atoms with Crippen molar-refractivity contribution in [3.8, 4) is 0 Å². The van der Waals surface area contributed by atoms with E-state index in [1.54, 1.807) is 25.3 Å². The van der Waals surface area contributed by atoms with Crippen molar-refractivity contribution < 1.29 is 9.59 Å². The maximum absolute atomic E-state index is 11.1. The summed E-state index contributed by atoms with van der Waals surface area (Å²) in [6.07, 6.45) is 0. The van der Waals surface area contributed by atoms with E-state index >= 15 is 0 Å². The van der Waals surface area contributed by atoms with Crippen LogP contribution < -0.4 is 16.8 Å². The zero-order valence-electron chi connectivity index (χ0n) is 9.95. The molecule has 0 aromatic carbocycles. The summed E-state index contributed by atoms with van der Waals surface area (Å²) in [5.74, 6) is -0.765. The maximum atomic E-state index is 11.1. The Morgan fingerprint density at radius 2 is 2.06 bits per heavy atom. The number of carbonyl (C=O) groups is 2. The topological polar surface area (TPSA) is 98.2 Å². The third-order valence-electron chi connectivity index (χ3n) is 2.47. The summed E-state index contributed by atoms with van der Waals surface area (Å²) < 4.78 is 0. The molecule has 0 bridgehead atoms. The van der Waals surface area contributed by atoms with Crippen LogP contribution in [-0.2, 0) is 11.3 Å². The SMILES string of the molecule is CC(C)(CNCc1cc(C(N)=O)cs1)C(N)=O. The monoisotopic (exact) mass is 255 g/mol. The second kappa shape index (κ2) is 5.29. The van der Waals surface area contributed by atoms with Crippen LogP contribution >= 0.6 is 11.3 Å². The van der Waals surface area contributed by atoms with Crippen LogP contribution in [0, 0.1) is 5.41 Å². The zero-order valence-corrected chi connectivity index (χ0v) is 10.8. The van der Waals surface area contributed by atoms with Gasteiger partial charge in [0.2, 0.25) is 11.8 Å². The van der Waals surface area contributed by atoms with Gasteiger partial charge in [-0.2, -0.15) is 0 Å². The van der Waals surface area contributed by atoms with E-state index in [0.29, 0.717) is 18.7 Å². The van der Waals surface area contributed by atoms with E-state index in [1.807, 2.05) is 0 Å². The number of rotatable bonds is 6. The molecule has 0 fully saturated rings. The second-order valence-corrected chi connectivity index (χ2v) is 5.51. The molecule has 1 aromatic heterocycles. The third kappa shape index (κ3) is 3.83. The number of carbonyl (C=O) groups excluding carboxylic acids is 2. The molecule has 2 amide bonds. The summed E-state index contributed by atoms with van der Waals surface area (Å²) in [6.45, 7) is 4.65. The molecule has 5 nitrogen and oxygen atoms in total. The first kappa shape index (κ1) is 13.7. The van der Waals surface area contributed by atoms with E-state index in [4.69, 9.17) is 11.5 Å². The molecule has 0 spiro atoms. The summed E-state index contributed by atoms with van der Waals surface area (Å²) in [6, 6.07) is 1.75. The van der Waals surface area contributed by atoms with Gasteiger partial charge in [0, 0.05) is 23.3 Å². The van der Waals surface area contributed by atoms with Gasteiger partial charge in [-0.25, -0.2) is 0 Å². The summed E-state index contributed by atoms with van der Waals surface area (Å²) in [5.41, 5.74) is 10.3. The molecular weight excluding hydrogens is 238 g/mol. The Kier molecular flexibility index (Phi) is 4.25. The van der Waals surface area contributed by atoms with Crippen molar-refractivity contribution in [1.29, 1.82) is 0 Å². The van der Waals surface area contributed by atoms with Crippen molar-refractivity contribution in [3.63, 3.8) is 0 Å². The highest BCUT2D eigenvalue weighted by Gasteiger charge is 2.24. The van der Waals surface area contributed by atoms with Crippen LogP contribution in [-0.4, -0.2) is 18.4 Å². The molecule has 1 heterocycles. The highest BCUT2D eigenvalue weighted by molar-refractivity contribution is 7.10. The molecular formula is C11H17N3O2S. The molecule has 1 aromatic rings. The van der Waals surface area contributed by atoms with Crippen LogP contribution in [0.3, 0.4) is 0 Å². The van der Waals surface area contributed by atoms with Crippen LogP contribution in [0.15, 0.2) is 11.4 Å². The number of nitrogens with one attached hydrogen (secondary N) is 1. The fourth-order valence-corrected chi connectivity index (χ4v) is 2.03. The Hall–Kier alpha value is -1.40. The number of hydrogen-bond acceptors (Lipinski definition) is 4. The smallest absolute Gasteiger partial charge is 0.249 e. The predicted octanol–water partition coefficient (Wildman–Crippen LogP) is 0.448. The van der Waals surface area contributed by atoms with E-state index < -0.39 is 11.3 Å². The molecule has 0 saturated heterocycles. The van der Waals surface area contributed by atoms with E-state index in [-0.39, 0.29) is 5.91 Å². The molecule has 0 unspecified atom stereocenters. The minimum Gasteiger partial charge on any atom is -0.369 e. The Morgan fingerprint density at radius 1 is 1.41 bits per heavy atom. The second-order valence-electron chi connectivity index (χ2n) is 4.52. The van der Waals surface area contributed by atoms with Crippen molar-refractivity contribution >= 4 is 23.2 Å². The van der Waals surface area contributed by atoms with Gasteiger partial charge in [0.25, 0.3) is 0 Å². The number of amides is 2. The molecule has 0 radical (unpaired) electrons. The number of hydrogen-bond donors (Lipinski definition) is 3. The number of thiophene rings is 1. The molecule has 5 N–H and O–H groups in total. The van der Waals surface area contributed by atoms with Gasteiger partial charge < -0.3 is 16.8 Å². The van der Waals surface area contributed by atoms with Crippen LogP contribution in [0.2, 0.25) is 0 Å². The van der Waals surface area contributed by atoms with Gasteiger partial charge in [-0.15, -0.1) is 11.3 Å². The fourth-order valence-electron chi connectivity index (χ4n) is 1.19. The van der Waals surface area contributed by atoms with E-state index in [0.717, 1.165) is 4.88 Å². The molecule has 0 aliphatic rings. The molecule has 6 heteroatoms. The minimum absolute atomic E-state index is 0.339. The number of nitrogens with two attached hydrogens (primary N) is 2. The average molecular weight is 255 g/mol. The van der Waals surface area contributed by atoms with Gasteiger partial charge >= 0.3 is 0 Å². The zero-order chi connectivity index (χ0) is 13.1. The van der Waals surface area contributed by atoms with Gasteiger partial charge in [-0.3, -0.25) is 9.59 Å². The minimum atomic E-state index is -0.580. The molecule has 94 valence electrons. The van der Waals surface area contributed by atoms with Crippen LogP contribution in [0.25, 0.3) is 0 Å². The lowest BCUT2D eigenvalue weighted by Crippen LogP contribution is -2.40. The quantitative estimate of drug-likeness (QED) is 0.688. The maximum Gasteiger partial charge on any atom is 0.249 e. The molecule has 0 saturated carbocycles. The Morgan fingerprint density at radius 3 is 2.53 bits per heavy atom. The van der Waals surface area contributed by atoms with Crippen molar-refractivity contribution in [2.45, 2.75) is 20.4 Å². The van der Waals surface area contributed by atoms with Crippen molar-refractivity contribution in [2.24, 2.45) is 16.9 Å². The highest BCUT2D eigenvalue weighted by Crippen LogP contribution is 2.16. The predicted molar refractivity (Wildman–Crippen MR) is 67.5 cm³/mol. The first-order valence-corrected chi connectivity index (χ1v) is 6.09. The standard InChI is InChI=1S/C11H17N3O2S/c1-11(2,10(13)16)6-14-4-8-3-7(5-17-8)9(12)15/h3,5,14H,4,6H2,1-2H3,(H2,12,15)(H2,13,16). The van der Waals surface area contributed by atoms with E-state index in [2.05, 4.69) is 5.32 Å². The van der Waals surface area contributed by atoms with Crippen molar-refractivity contribution in [2.75, 3.05) is 6.54 Å². The third-order valence-corrected chi connectivity index (χ3v) is 3.41. The molecule has 1 rings (SSSR count). The molecule has 0 aliphatic heterocycles. The lowest BCUT2D eigenvalue weighted by Gasteiger charge is -2.20. The van der Waals surface area contributed by atoms with E-state index in [1.165, 1.54) is 11.3 Å². The fraction of sp³-hybridized carbons (Fsp3) is 0.455. The normalized spacial score (nSPS) is 11.4. The van der Waals surface area contributed by atoms with Crippen LogP contribution in [0.4, 0.5) is 0 Å². The largest absolute Gasteiger partial charge is 0.369 e. The average Bonchev–Trinajstić information content (AvgIpc) is 2.66. The van der Waals surface area contributed by atoms with Gasteiger partial charge in [-0.1, -0.05) is 0 Å². The van der Waals surface area contributed by atoms with Gasteiger partial charge in [-0.05, 0) is 19.9 Å². The summed E-state index contributed by atoms with van der Waals surface area (Å²) in [5, 5.41) is 4.85. The number of primary amides is 2. The molecule has 17 heavy (non-hydrogen) atoms. The Bertz CT molecular complexity index is 426. The lowest BCUT2D eigenvalue weighted by molar-refractivity contribution is -0.125. The Balaban J connectivity index is 2.46. The van der Waals surface area contributed by atoms with Crippen molar-refractivity contribution in [1.82, 2.24) is 5.32 Å². The summed E-state index contributed by atoms with van der Waals surface area (Å²) in [4.78, 5) is 23.0. The lowest BCUT2D eigenvalue weighted by atomic mass is 9.93. The van der Waals surface area contributed by atoms with Crippen LogP contribution in [0.5, 0.6) is 0 Å². The van der Waals surface area contributed by atoms with Gasteiger partial charge in [0.1, 0.15) is 0 Å². The van der Waals surface area contributed by atoms with Crippen molar-refractivity contribution in [3.05, 3.63) is 21.9 Å². The molecule has 0 aliphatic carbocycles. The Labute approximate surface area is 104 Å². The van der Waals surface area contributed by atoms with Gasteiger partial charge in [0.05, 0.1) is 11.0 Å². The highest BCUT2D eigenvalue weighted by atomic mass is 32.1. The van der Waals surface area contributed by atoms with E-state index in [9.17, 15) is 9.59 Å². The van der Waals surface area contributed by atoms with Gasteiger partial charge in [0.15, 0.2) is 0 Å². The summed E-state index contributed by atoms with van der Waals surface area (Å²) in [7, 11) is 0. The first-order valence-electron chi connectivity index (χ1n) is 5.21. The first-order chi connectivity index (χ1) is 7.83. The molecule has 0 atom stereocenters.